The summed E-state index contributed by atoms with van der Waals surface area (Å²) >= 11 is 0. The summed E-state index contributed by atoms with van der Waals surface area (Å²) in [4.78, 5) is 16.2. The minimum Gasteiger partial charge on any atom is -0.489 e. The molecule has 5 heteroatoms. The molecule has 0 saturated carbocycles. The smallest absolute Gasteiger partial charge is 0.363 e. The van der Waals surface area contributed by atoms with Crippen molar-refractivity contribution in [3.63, 3.8) is 0 Å². The van der Waals surface area contributed by atoms with Crippen LogP contribution in [0.25, 0.3) is 6.08 Å². The Morgan fingerprint density at radius 3 is 2.45 bits per heavy atom. The molecule has 144 valence electrons. The van der Waals surface area contributed by atoms with Crippen LogP contribution in [0.15, 0.2) is 83.5 Å². The minimum atomic E-state index is -0.608. The molecule has 0 amide bonds. The molecule has 1 aliphatic heterocycles. The number of ether oxygens (including phenoxy) is 2. The molecule has 0 radical (unpaired) electrons. The zero-order chi connectivity index (χ0) is 20.2. The highest BCUT2D eigenvalue weighted by Gasteiger charge is 2.25. The predicted molar refractivity (Wildman–Crippen MR) is 109 cm³/mol. The zero-order valence-corrected chi connectivity index (χ0v) is 15.8. The second-order valence-corrected chi connectivity index (χ2v) is 6.66. The number of aliphatic imine (C=N–C) groups is 1. The van der Waals surface area contributed by atoms with Crippen LogP contribution in [0.1, 0.15) is 22.3 Å². The summed E-state index contributed by atoms with van der Waals surface area (Å²) in [7, 11) is 0. The average Bonchev–Trinajstić information content (AvgIpc) is 3.09. The fourth-order valence-corrected chi connectivity index (χ4v) is 2.83. The van der Waals surface area contributed by atoms with Gasteiger partial charge in [0.05, 0.1) is 5.56 Å². The van der Waals surface area contributed by atoms with Gasteiger partial charge >= 0.3 is 5.97 Å². The number of halogens is 1. The number of carbonyl (C=O) groups excluding carboxylic acids is 1. The van der Waals surface area contributed by atoms with E-state index in [1.165, 1.54) is 17.7 Å². The summed E-state index contributed by atoms with van der Waals surface area (Å²) in [5.74, 6) is -0.409. The van der Waals surface area contributed by atoms with Crippen molar-refractivity contribution in [1.82, 2.24) is 0 Å². The molecule has 4 rings (SSSR count). The fraction of sp³-hybridized carbons (Fsp3) is 0.0833. The third kappa shape index (κ3) is 4.41. The van der Waals surface area contributed by atoms with Crippen LogP contribution in [-0.4, -0.2) is 11.9 Å². The van der Waals surface area contributed by atoms with E-state index in [1.807, 2.05) is 55.5 Å². The lowest BCUT2D eigenvalue weighted by molar-refractivity contribution is -0.129. The van der Waals surface area contributed by atoms with Gasteiger partial charge in [-0.25, -0.2) is 14.2 Å². The van der Waals surface area contributed by atoms with Crippen molar-refractivity contribution in [2.75, 3.05) is 0 Å². The quantitative estimate of drug-likeness (QED) is 0.454. The van der Waals surface area contributed by atoms with Crippen LogP contribution in [0.3, 0.4) is 0 Å². The van der Waals surface area contributed by atoms with Gasteiger partial charge in [0.1, 0.15) is 18.2 Å². The first-order valence-electron chi connectivity index (χ1n) is 9.14. The summed E-state index contributed by atoms with van der Waals surface area (Å²) in [6, 6.07) is 21.5. The van der Waals surface area contributed by atoms with Crippen LogP contribution in [0.5, 0.6) is 5.75 Å². The molecule has 0 saturated heterocycles. The van der Waals surface area contributed by atoms with Crippen molar-refractivity contribution in [3.05, 3.63) is 107 Å². The van der Waals surface area contributed by atoms with Crippen LogP contribution in [0.4, 0.5) is 4.39 Å². The first kappa shape index (κ1) is 18.6. The Morgan fingerprint density at radius 2 is 1.72 bits per heavy atom. The topological polar surface area (TPSA) is 47.9 Å². The van der Waals surface area contributed by atoms with Crippen molar-refractivity contribution in [2.24, 2.45) is 4.99 Å². The fourth-order valence-electron chi connectivity index (χ4n) is 2.83. The maximum Gasteiger partial charge on any atom is 0.363 e. The molecule has 0 atom stereocenters. The van der Waals surface area contributed by atoms with E-state index >= 15 is 0 Å². The van der Waals surface area contributed by atoms with Crippen LogP contribution < -0.4 is 4.74 Å². The Morgan fingerprint density at radius 1 is 1.00 bits per heavy atom. The van der Waals surface area contributed by atoms with E-state index in [0.29, 0.717) is 6.61 Å². The number of esters is 1. The van der Waals surface area contributed by atoms with E-state index in [-0.39, 0.29) is 17.2 Å². The molecule has 3 aromatic rings. The van der Waals surface area contributed by atoms with Crippen molar-refractivity contribution >= 4 is 17.9 Å². The number of hydrogen-bond acceptors (Lipinski definition) is 4. The van der Waals surface area contributed by atoms with E-state index < -0.39 is 11.8 Å². The Balaban J connectivity index is 1.46. The van der Waals surface area contributed by atoms with Crippen LogP contribution in [-0.2, 0) is 16.1 Å². The van der Waals surface area contributed by atoms with Gasteiger partial charge in [-0.05, 0) is 48.4 Å². The molecule has 0 spiro atoms. The van der Waals surface area contributed by atoms with E-state index in [2.05, 4.69) is 4.99 Å². The second-order valence-electron chi connectivity index (χ2n) is 6.66. The normalized spacial score (nSPS) is 14.6. The molecule has 0 aromatic heterocycles. The highest BCUT2D eigenvalue weighted by atomic mass is 19.1. The highest BCUT2D eigenvalue weighted by Crippen LogP contribution is 2.22. The number of aryl methyl sites for hydroxylation is 1. The molecule has 0 unspecified atom stereocenters. The lowest BCUT2D eigenvalue weighted by Crippen LogP contribution is -2.07. The molecule has 3 aromatic carbocycles. The zero-order valence-electron chi connectivity index (χ0n) is 15.8. The summed E-state index contributed by atoms with van der Waals surface area (Å²) in [6.45, 7) is 2.52. The van der Waals surface area contributed by atoms with Crippen molar-refractivity contribution in [1.29, 1.82) is 0 Å². The number of nitrogens with zero attached hydrogens (tertiary/aromatic N) is 1. The lowest BCUT2D eigenvalue weighted by atomic mass is 10.1. The van der Waals surface area contributed by atoms with Gasteiger partial charge in [-0.1, -0.05) is 54.1 Å². The Labute approximate surface area is 167 Å². The van der Waals surface area contributed by atoms with Gasteiger partial charge in [-0.2, -0.15) is 0 Å². The lowest BCUT2D eigenvalue weighted by Gasteiger charge is -2.07. The van der Waals surface area contributed by atoms with Crippen molar-refractivity contribution in [3.8, 4) is 5.75 Å². The van der Waals surface area contributed by atoms with Crippen LogP contribution in [0.2, 0.25) is 0 Å². The number of hydrogen-bond donors (Lipinski definition) is 0. The largest absolute Gasteiger partial charge is 0.489 e. The van der Waals surface area contributed by atoms with Gasteiger partial charge in [0.15, 0.2) is 5.70 Å². The van der Waals surface area contributed by atoms with E-state index in [0.717, 1.165) is 16.9 Å². The van der Waals surface area contributed by atoms with E-state index in [9.17, 15) is 9.18 Å². The van der Waals surface area contributed by atoms with Gasteiger partial charge < -0.3 is 9.47 Å². The Kier molecular flexibility index (Phi) is 5.20. The van der Waals surface area contributed by atoms with Crippen molar-refractivity contribution in [2.45, 2.75) is 13.5 Å². The molecule has 4 nitrogen and oxygen atoms in total. The van der Waals surface area contributed by atoms with Gasteiger partial charge in [-0.3, -0.25) is 0 Å². The predicted octanol–water partition coefficient (Wildman–Crippen LogP) is 5.06. The molecule has 0 N–H and O–H groups in total. The molecule has 0 fully saturated rings. The second kappa shape index (κ2) is 8.10. The number of cyclic esters (lactones) is 1. The number of benzene rings is 3. The summed E-state index contributed by atoms with van der Waals surface area (Å²) in [5.41, 5.74) is 3.33. The van der Waals surface area contributed by atoms with Crippen molar-refractivity contribution < 1.29 is 18.7 Å². The van der Waals surface area contributed by atoms with Gasteiger partial charge in [0, 0.05) is 0 Å². The third-order valence-electron chi connectivity index (χ3n) is 4.43. The van der Waals surface area contributed by atoms with E-state index in [4.69, 9.17) is 9.47 Å². The Bertz CT molecular complexity index is 1100. The molecule has 29 heavy (non-hydrogen) atoms. The minimum absolute atomic E-state index is 0.0302. The number of carbonyl (C=O) groups is 1. The van der Waals surface area contributed by atoms with Crippen LogP contribution >= 0.6 is 0 Å². The first-order valence-corrected chi connectivity index (χ1v) is 9.14. The van der Waals surface area contributed by atoms with Crippen LogP contribution in [0, 0.1) is 12.7 Å². The molecular formula is C24H18FNO3. The monoisotopic (exact) mass is 387 g/mol. The standard InChI is InChI=1S/C24H18FNO3/c1-16-6-8-18(9-7-16)15-28-19-12-10-17(11-13-19)14-22-24(27)29-23(26-22)20-4-2-3-5-21(20)25/h2-14H,15H2,1H3/b22-14+. The maximum atomic E-state index is 13.9. The van der Waals surface area contributed by atoms with Gasteiger partial charge in [0.2, 0.25) is 5.90 Å². The average molecular weight is 387 g/mol. The molecule has 0 bridgehead atoms. The SMILES string of the molecule is Cc1ccc(COc2ccc(/C=C3/N=C(c4ccccc4F)OC3=O)cc2)cc1. The van der Waals surface area contributed by atoms with E-state index in [1.54, 1.807) is 18.2 Å². The summed E-state index contributed by atoms with van der Waals surface area (Å²) in [5, 5.41) is 0. The van der Waals surface area contributed by atoms with Gasteiger partial charge in [0.25, 0.3) is 0 Å². The molecule has 0 aliphatic carbocycles. The third-order valence-corrected chi connectivity index (χ3v) is 4.43. The molecule has 1 heterocycles. The summed E-state index contributed by atoms with van der Waals surface area (Å²) < 4.78 is 24.8. The molecular weight excluding hydrogens is 369 g/mol. The molecule has 1 aliphatic rings. The van der Waals surface area contributed by atoms with Gasteiger partial charge in [-0.15, -0.1) is 0 Å². The number of rotatable bonds is 5. The first-order chi connectivity index (χ1) is 14.1. The summed E-state index contributed by atoms with van der Waals surface area (Å²) in [6.07, 6.45) is 1.60. The Hall–Kier alpha value is -3.73. The highest BCUT2D eigenvalue weighted by molar-refractivity contribution is 6.12. The maximum absolute atomic E-state index is 13.9.